The molecule has 3 rings (SSSR count). The molecule has 0 saturated heterocycles. The molecule has 0 aliphatic heterocycles. The number of benzene rings is 2. The molecule has 3 N–H and O–H groups in total. The van der Waals surface area contributed by atoms with E-state index in [0.717, 1.165) is 5.56 Å². The molecule has 1 heterocycles. The summed E-state index contributed by atoms with van der Waals surface area (Å²) in [6, 6.07) is 17.2. The molecule has 0 spiro atoms. The fraction of sp³-hybridized carbons (Fsp3) is 0.118. The maximum atomic E-state index is 12.0. The van der Waals surface area contributed by atoms with Gasteiger partial charge in [0.1, 0.15) is 5.75 Å². The standard InChI is InChI=1S/C17H16N2O2/c20-16-13-8-4-5-9-15(13)19-17(21)14(16)11-18-10-12-6-2-1-3-7-12/h1-9,18H,10-11H2,(H2,19,20,21). The second kappa shape index (κ2) is 5.81. The molecule has 106 valence electrons. The molecule has 0 bridgehead atoms. The van der Waals surface area contributed by atoms with E-state index in [9.17, 15) is 9.90 Å². The van der Waals surface area contributed by atoms with Gasteiger partial charge in [0.2, 0.25) is 0 Å². The van der Waals surface area contributed by atoms with Gasteiger partial charge < -0.3 is 15.4 Å². The predicted octanol–water partition coefficient (Wildman–Crippen LogP) is 2.52. The Morgan fingerprint density at radius 3 is 2.48 bits per heavy atom. The first-order valence-electron chi connectivity index (χ1n) is 6.83. The van der Waals surface area contributed by atoms with E-state index in [2.05, 4.69) is 10.3 Å². The Balaban J connectivity index is 1.82. The molecular weight excluding hydrogens is 264 g/mol. The number of para-hydroxylation sites is 1. The lowest BCUT2D eigenvalue weighted by molar-refractivity contribution is 0.469. The third-order valence-corrected chi connectivity index (χ3v) is 3.46. The summed E-state index contributed by atoms with van der Waals surface area (Å²) in [5.74, 6) is 0.0508. The zero-order valence-corrected chi connectivity index (χ0v) is 11.5. The van der Waals surface area contributed by atoms with Gasteiger partial charge in [-0.15, -0.1) is 0 Å². The van der Waals surface area contributed by atoms with Crippen LogP contribution in [-0.2, 0) is 13.1 Å². The molecule has 0 atom stereocenters. The Morgan fingerprint density at radius 2 is 1.67 bits per heavy atom. The molecule has 0 aliphatic carbocycles. The molecule has 0 amide bonds. The molecule has 1 aromatic heterocycles. The first-order chi connectivity index (χ1) is 10.3. The van der Waals surface area contributed by atoms with Crippen molar-refractivity contribution < 1.29 is 5.11 Å². The van der Waals surface area contributed by atoms with Crippen LogP contribution in [0.4, 0.5) is 0 Å². The van der Waals surface area contributed by atoms with E-state index in [4.69, 9.17) is 0 Å². The zero-order chi connectivity index (χ0) is 14.7. The van der Waals surface area contributed by atoms with Crippen LogP contribution < -0.4 is 10.9 Å². The van der Waals surface area contributed by atoms with Gasteiger partial charge in [-0.05, 0) is 17.7 Å². The number of rotatable bonds is 4. The van der Waals surface area contributed by atoms with Gasteiger partial charge in [0.15, 0.2) is 0 Å². The molecule has 4 nitrogen and oxygen atoms in total. The minimum atomic E-state index is -0.258. The highest BCUT2D eigenvalue weighted by Crippen LogP contribution is 2.24. The van der Waals surface area contributed by atoms with Crippen molar-refractivity contribution in [1.29, 1.82) is 0 Å². The summed E-state index contributed by atoms with van der Waals surface area (Å²) in [7, 11) is 0. The number of fused-ring (bicyclic) bond motifs is 1. The maximum Gasteiger partial charge on any atom is 0.256 e. The van der Waals surface area contributed by atoms with Crippen LogP contribution in [0.3, 0.4) is 0 Å². The van der Waals surface area contributed by atoms with Crippen molar-refractivity contribution in [3.05, 3.63) is 76.1 Å². The fourth-order valence-corrected chi connectivity index (χ4v) is 2.36. The average Bonchev–Trinajstić information content (AvgIpc) is 2.51. The third-order valence-electron chi connectivity index (χ3n) is 3.46. The van der Waals surface area contributed by atoms with E-state index in [0.29, 0.717) is 29.6 Å². The largest absolute Gasteiger partial charge is 0.507 e. The molecule has 0 saturated carbocycles. The highest BCUT2D eigenvalue weighted by molar-refractivity contribution is 5.85. The van der Waals surface area contributed by atoms with Gasteiger partial charge in [-0.2, -0.15) is 0 Å². The van der Waals surface area contributed by atoms with Crippen LogP contribution in [0, 0.1) is 0 Å². The van der Waals surface area contributed by atoms with Crippen molar-refractivity contribution in [3.63, 3.8) is 0 Å². The Kier molecular flexibility index (Phi) is 3.71. The summed E-state index contributed by atoms with van der Waals surface area (Å²) >= 11 is 0. The van der Waals surface area contributed by atoms with Gasteiger partial charge >= 0.3 is 0 Å². The van der Waals surface area contributed by atoms with Gasteiger partial charge in [-0.1, -0.05) is 42.5 Å². The van der Waals surface area contributed by atoms with Gasteiger partial charge in [-0.25, -0.2) is 0 Å². The second-order valence-corrected chi connectivity index (χ2v) is 4.92. The summed E-state index contributed by atoms with van der Waals surface area (Å²) in [4.78, 5) is 14.8. The van der Waals surface area contributed by atoms with Crippen LogP contribution in [0.15, 0.2) is 59.4 Å². The highest BCUT2D eigenvalue weighted by Gasteiger charge is 2.10. The zero-order valence-electron chi connectivity index (χ0n) is 11.5. The van der Waals surface area contributed by atoms with E-state index in [1.54, 1.807) is 12.1 Å². The minimum absolute atomic E-state index is 0.0508. The molecule has 0 radical (unpaired) electrons. The second-order valence-electron chi connectivity index (χ2n) is 4.92. The monoisotopic (exact) mass is 280 g/mol. The number of pyridine rings is 1. The molecule has 0 unspecified atom stereocenters. The molecule has 4 heteroatoms. The molecule has 0 fully saturated rings. The summed E-state index contributed by atoms with van der Waals surface area (Å²) in [6.07, 6.45) is 0. The summed E-state index contributed by atoms with van der Waals surface area (Å²) in [6.45, 7) is 0.966. The SMILES string of the molecule is O=c1[nH]c2ccccc2c(O)c1CNCc1ccccc1. The van der Waals surface area contributed by atoms with Crippen LogP contribution in [0.1, 0.15) is 11.1 Å². The molecular formula is C17H16N2O2. The highest BCUT2D eigenvalue weighted by atomic mass is 16.3. The van der Waals surface area contributed by atoms with E-state index in [1.165, 1.54) is 0 Å². The van der Waals surface area contributed by atoms with Crippen molar-refractivity contribution in [1.82, 2.24) is 10.3 Å². The summed E-state index contributed by atoms with van der Waals surface area (Å²) < 4.78 is 0. The van der Waals surface area contributed by atoms with E-state index in [1.807, 2.05) is 42.5 Å². The minimum Gasteiger partial charge on any atom is -0.507 e. The van der Waals surface area contributed by atoms with Gasteiger partial charge in [0.05, 0.1) is 11.1 Å². The predicted molar refractivity (Wildman–Crippen MR) is 83.2 cm³/mol. The first kappa shape index (κ1) is 13.4. The summed E-state index contributed by atoms with van der Waals surface area (Å²) in [5, 5.41) is 14.1. The summed E-state index contributed by atoms with van der Waals surface area (Å²) in [5.41, 5.74) is 1.89. The fourth-order valence-electron chi connectivity index (χ4n) is 2.36. The normalized spacial score (nSPS) is 10.9. The average molecular weight is 280 g/mol. The number of aromatic amines is 1. The number of aromatic hydroxyl groups is 1. The topological polar surface area (TPSA) is 65.1 Å². The van der Waals surface area contributed by atoms with Gasteiger partial charge in [-0.3, -0.25) is 4.79 Å². The Labute approximate surface area is 122 Å². The van der Waals surface area contributed by atoms with E-state index in [-0.39, 0.29) is 11.3 Å². The smallest absolute Gasteiger partial charge is 0.256 e. The van der Waals surface area contributed by atoms with E-state index < -0.39 is 0 Å². The maximum absolute atomic E-state index is 12.0. The number of nitrogens with one attached hydrogen (secondary N) is 2. The molecule has 0 aliphatic rings. The van der Waals surface area contributed by atoms with Crippen molar-refractivity contribution in [2.24, 2.45) is 0 Å². The lowest BCUT2D eigenvalue weighted by Gasteiger charge is -2.08. The molecule has 2 aromatic carbocycles. The number of aromatic nitrogens is 1. The van der Waals surface area contributed by atoms with Crippen molar-refractivity contribution in [2.45, 2.75) is 13.1 Å². The van der Waals surface area contributed by atoms with Crippen LogP contribution in [-0.4, -0.2) is 10.1 Å². The van der Waals surface area contributed by atoms with Gasteiger partial charge in [0, 0.05) is 18.5 Å². The van der Waals surface area contributed by atoms with Crippen LogP contribution in [0.25, 0.3) is 10.9 Å². The molecule has 3 aromatic rings. The number of hydrogen-bond acceptors (Lipinski definition) is 3. The lowest BCUT2D eigenvalue weighted by Crippen LogP contribution is -2.21. The number of hydrogen-bond donors (Lipinski definition) is 3. The Bertz CT molecular complexity index is 810. The van der Waals surface area contributed by atoms with E-state index >= 15 is 0 Å². The Morgan fingerprint density at radius 1 is 0.952 bits per heavy atom. The number of H-pyrrole nitrogens is 1. The van der Waals surface area contributed by atoms with Crippen molar-refractivity contribution in [2.75, 3.05) is 0 Å². The quantitative estimate of drug-likeness (QED) is 0.688. The van der Waals surface area contributed by atoms with Crippen LogP contribution in [0.2, 0.25) is 0 Å². The van der Waals surface area contributed by atoms with Gasteiger partial charge in [0.25, 0.3) is 5.56 Å². The van der Waals surface area contributed by atoms with Crippen molar-refractivity contribution in [3.8, 4) is 5.75 Å². The molecule has 21 heavy (non-hydrogen) atoms. The van der Waals surface area contributed by atoms with Crippen LogP contribution >= 0.6 is 0 Å². The van der Waals surface area contributed by atoms with Crippen LogP contribution in [0.5, 0.6) is 5.75 Å². The first-order valence-corrected chi connectivity index (χ1v) is 6.83. The van der Waals surface area contributed by atoms with Crippen molar-refractivity contribution >= 4 is 10.9 Å². The Hall–Kier alpha value is -2.59. The third kappa shape index (κ3) is 2.80. The lowest BCUT2D eigenvalue weighted by atomic mass is 10.1.